The third-order valence-corrected chi connectivity index (χ3v) is 1.99. The highest BCUT2D eigenvalue weighted by molar-refractivity contribution is 5.74. The zero-order valence-corrected chi connectivity index (χ0v) is 8.74. The number of aliphatic hydroxyl groups is 1. The number of aliphatic hydroxyl groups excluding tert-OH is 1. The highest BCUT2D eigenvalue weighted by Gasteiger charge is 2.18. The molecule has 0 radical (unpaired) electrons. The number of hydrogen-bond acceptors (Lipinski definition) is 3. The third kappa shape index (κ3) is 3.27. The fraction of sp³-hybridized carbons (Fsp3) is 0.364. The Hall–Kier alpha value is -1.49. The smallest absolute Gasteiger partial charge is 0.335 e. The highest BCUT2D eigenvalue weighted by Crippen LogP contribution is 2.12. The maximum atomic E-state index is 13.2. The molecule has 0 amide bonds. The van der Waals surface area contributed by atoms with E-state index >= 15 is 0 Å². The molecule has 0 heterocycles. The predicted molar refractivity (Wildman–Crippen MR) is 52.7 cm³/mol. The van der Waals surface area contributed by atoms with Crippen molar-refractivity contribution in [3.05, 3.63) is 35.4 Å². The Morgan fingerprint density at radius 3 is 2.75 bits per heavy atom. The van der Waals surface area contributed by atoms with Crippen LogP contribution >= 0.6 is 0 Å². The monoisotopic (exact) mass is 230 g/mol. The molecule has 1 rings (SSSR count). The zero-order chi connectivity index (χ0) is 12.1. The van der Waals surface area contributed by atoms with Crippen molar-refractivity contribution in [2.75, 3.05) is 6.61 Å². The number of rotatable bonds is 4. The summed E-state index contributed by atoms with van der Waals surface area (Å²) in [5, 5.41) is 9.36. The minimum absolute atomic E-state index is 0.0713. The first kappa shape index (κ1) is 12.6. The van der Waals surface area contributed by atoms with Crippen LogP contribution in [0.5, 0.6) is 0 Å². The quantitative estimate of drug-likeness (QED) is 0.796. The van der Waals surface area contributed by atoms with Crippen LogP contribution in [-0.4, -0.2) is 23.8 Å². The summed E-state index contributed by atoms with van der Waals surface area (Å²) in [6, 6.07) is 2.95. The lowest BCUT2D eigenvalue weighted by Crippen LogP contribution is -2.25. The second kappa shape index (κ2) is 5.55. The molecular formula is C11H12F2O3. The van der Waals surface area contributed by atoms with E-state index in [0.29, 0.717) is 6.07 Å². The van der Waals surface area contributed by atoms with Crippen LogP contribution in [0, 0.1) is 11.6 Å². The van der Waals surface area contributed by atoms with Gasteiger partial charge in [0.1, 0.15) is 11.6 Å². The Bertz CT molecular complexity index is 379. The average molecular weight is 230 g/mol. The van der Waals surface area contributed by atoms with Crippen LogP contribution in [0.25, 0.3) is 0 Å². The van der Waals surface area contributed by atoms with Crippen LogP contribution in [0.2, 0.25) is 0 Å². The van der Waals surface area contributed by atoms with Crippen molar-refractivity contribution in [1.82, 2.24) is 0 Å². The molecule has 0 spiro atoms. The molecule has 1 N–H and O–H groups in total. The molecule has 1 aromatic rings. The average Bonchev–Trinajstić information content (AvgIpc) is 2.22. The van der Waals surface area contributed by atoms with E-state index in [1.54, 1.807) is 6.92 Å². The predicted octanol–water partition coefficient (Wildman–Crippen LogP) is 1.43. The Kier molecular flexibility index (Phi) is 4.37. The van der Waals surface area contributed by atoms with Crippen LogP contribution < -0.4 is 0 Å². The van der Waals surface area contributed by atoms with Crippen LogP contribution in [0.15, 0.2) is 18.2 Å². The summed E-state index contributed by atoms with van der Waals surface area (Å²) in [5.74, 6) is -2.30. The van der Waals surface area contributed by atoms with Crippen LogP contribution in [-0.2, 0) is 16.0 Å². The van der Waals surface area contributed by atoms with Gasteiger partial charge in [0.05, 0.1) is 6.61 Å². The van der Waals surface area contributed by atoms with Gasteiger partial charge < -0.3 is 9.84 Å². The van der Waals surface area contributed by atoms with Gasteiger partial charge in [0.2, 0.25) is 0 Å². The molecule has 88 valence electrons. The Morgan fingerprint density at radius 1 is 1.50 bits per heavy atom. The first-order valence-corrected chi connectivity index (χ1v) is 4.83. The number of benzene rings is 1. The summed E-state index contributed by atoms with van der Waals surface area (Å²) in [6.07, 6.45) is -1.66. The van der Waals surface area contributed by atoms with Gasteiger partial charge in [0.15, 0.2) is 6.10 Å². The SMILES string of the molecule is CCOC(=O)C(O)Cc1ccc(F)cc1F. The van der Waals surface area contributed by atoms with E-state index in [-0.39, 0.29) is 18.6 Å². The normalized spacial score (nSPS) is 12.2. The van der Waals surface area contributed by atoms with Crippen LogP contribution in [0.4, 0.5) is 8.78 Å². The van der Waals surface area contributed by atoms with Crippen molar-refractivity contribution in [3.63, 3.8) is 0 Å². The summed E-state index contributed by atoms with van der Waals surface area (Å²) >= 11 is 0. The fourth-order valence-corrected chi connectivity index (χ4v) is 1.22. The summed E-state index contributed by atoms with van der Waals surface area (Å²) in [5.41, 5.74) is 0.0713. The van der Waals surface area contributed by atoms with E-state index in [0.717, 1.165) is 6.07 Å². The summed E-state index contributed by atoms with van der Waals surface area (Å²) < 4.78 is 30.3. The molecule has 1 atom stereocenters. The van der Waals surface area contributed by atoms with Gasteiger partial charge in [-0.25, -0.2) is 13.6 Å². The van der Waals surface area contributed by atoms with Gasteiger partial charge >= 0.3 is 5.97 Å². The number of ether oxygens (including phenoxy) is 1. The fourth-order valence-electron chi connectivity index (χ4n) is 1.22. The number of halogens is 2. The number of carbonyl (C=O) groups excluding carboxylic acids is 1. The minimum Gasteiger partial charge on any atom is -0.464 e. The Labute approximate surface area is 91.7 Å². The molecule has 0 aliphatic rings. The molecule has 5 heteroatoms. The van der Waals surface area contributed by atoms with Gasteiger partial charge in [0.25, 0.3) is 0 Å². The summed E-state index contributed by atoms with van der Waals surface area (Å²) in [6.45, 7) is 1.74. The Balaban J connectivity index is 2.69. The van der Waals surface area contributed by atoms with Gasteiger partial charge in [0, 0.05) is 12.5 Å². The molecule has 0 aliphatic heterocycles. The van der Waals surface area contributed by atoms with Crippen molar-refractivity contribution in [2.24, 2.45) is 0 Å². The molecule has 3 nitrogen and oxygen atoms in total. The molecule has 1 aromatic carbocycles. The molecule has 1 unspecified atom stereocenters. The molecule has 0 fully saturated rings. The number of hydrogen-bond donors (Lipinski definition) is 1. The molecule has 0 saturated carbocycles. The summed E-state index contributed by atoms with van der Waals surface area (Å²) in [4.78, 5) is 11.1. The van der Waals surface area contributed by atoms with Gasteiger partial charge in [-0.2, -0.15) is 0 Å². The Morgan fingerprint density at radius 2 is 2.19 bits per heavy atom. The van der Waals surface area contributed by atoms with Crippen LogP contribution in [0.3, 0.4) is 0 Å². The lowest BCUT2D eigenvalue weighted by Gasteiger charge is -2.10. The first-order valence-electron chi connectivity index (χ1n) is 4.83. The maximum Gasteiger partial charge on any atom is 0.335 e. The maximum absolute atomic E-state index is 13.2. The van der Waals surface area contributed by atoms with E-state index in [4.69, 9.17) is 0 Å². The topological polar surface area (TPSA) is 46.5 Å². The van der Waals surface area contributed by atoms with Crippen molar-refractivity contribution < 1.29 is 23.4 Å². The van der Waals surface area contributed by atoms with Gasteiger partial charge in [-0.15, -0.1) is 0 Å². The van der Waals surface area contributed by atoms with E-state index in [2.05, 4.69) is 4.74 Å². The lowest BCUT2D eigenvalue weighted by molar-refractivity contribution is -0.152. The van der Waals surface area contributed by atoms with E-state index < -0.39 is 23.7 Å². The second-order valence-electron chi connectivity index (χ2n) is 3.21. The van der Waals surface area contributed by atoms with Crippen molar-refractivity contribution in [3.8, 4) is 0 Å². The standard InChI is InChI=1S/C11H12F2O3/c1-2-16-11(15)10(14)5-7-3-4-8(12)6-9(7)13/h3-4,6,10,14H,2,5H2,1H3. The lowest BCUT2D eigenvalue weighted by atomic mass is 10.1. The van der Waals surface area contributed by atoms with Crippen molar-refractivity contribution in [1.29, 1.82) is 0 Å². The highest BCUT2D eigenvalue weighted by atomic mass is 19.1. The first-order chi connectivity index (χ1) is 7.54. The van der Waals surface area contributed by atoms with Gasteiger partial charge in [-0.05, 0) is 18.6 Å². The molecule has 0 bridgehead atoms. The molecular weight excluding hydrogens is 218 g/mol. The zero-order valence-electron chi connectivity index (χ0n) is 8.74. The van der Waals surface area contributed by atoms with Gasteiger partial charge in [-0.3, -0.25) is 0 Å². The van der Waals surface area contributed by atoms with E-state index in [9.17, 15) is 18.7 Å². The molecule has 0 aromatic heterocycles. The van der Waals surface area contributed by atoms with Crippen LogP contribution in [0.1, 0.15) is 12.5 Å². The molecule has 0 saturated heterocycles. The van der Waals surface area contributed by atoms with Crippen molar-refractivity contribution in [2.45, 2.75) is 19.4 Å². The number of carbonyl (C=O) groups is 1. The van der Waals surface area contributed by atoms with Gasteiger partial charge in [-0.1, -0.05) is 6.07 Å². The largest absolute Gasteiger partial charge is 0.464 e. The summed E-state index contributed by atoms with van der Waals surface area (Å²) in [7, 11) is 0. The number of esters is 1. The minimum atomic E-state index is -1.43. The van der Waals surface area contributed by atoms with E-state index in [1.807, 2.05) is 0 Å². The molecule has 0 aliphatic carbocycles. The third-order valence-electron chi connectivity index (χ3n) is 1.99. The van der Waals surface area contributed by atoms with Crippen molar-refractivity contribution >= 4 is 5.97 Å². The second-order valence-corrected chi connectivity index (χ2v) is 3.21. The molecule has 16 heavy (non-hydrogen) atoms. The van der Waals surface area contributed by atoms with E-state index in [1.165, 1.54) is 6.07 Å².